The minimum Gasteiger partial charge on any atom is -0.478 e. The number of halogens is 1. The minimum absolute atomic E-state index is 0.0299. The third-order valence-corrected chi connectivity index (χ3v) is 3.12. The number of aromatic carboxylic acids is 1. The number of carbonyl (C=O) groups is 1. The first-order chi connectivity index (χ1) is 8.68. The molecular formula is C13H16FNO3. The van der Waals surface area contributed by atoms with Gasteiger partial charge in [0.1, 0.15) is 5.82 Å². The second-order valence-corrected chi connectivity index (χ2v) is 4.41. The van der Waals surface area contributed by atoms with Crippen LogP contribution in [0, 0.1) is 11.7 Å². The number of nitrogens with one attached hydrogen (secondary N) is 1. The molecule has 0 aliphatic carbocycles. The van der Waals surface area contributed by atoms with Gasteiger partial charge < -0.3 is 15.2 Å². The van der Waals surface area contributed by atoms with Gasteiger partial charge in [0.15, 0.2) is 0 Å². The summed E-state index contributed by atoms with van der Waals surface area (Å²) in [6.45, 7) is 2.07. The zero-order valence-corrected chi connectivity index (χ0v) is 9.99. The highest BCUT2D eigenvalue weighted by atomic mass is 19.1. The fourth-order valence-electron chi connectivity index (χ4n) is 2.09. The zero-order valence-electron chi connectivity index (χ0n) is 9.99. The molecule has 1 fully saturated rings. The van der Waals surface area contributed by atoms with E-state index >= 15 is 0 Å². The molecule has 1 heterocycles. The van der Waals surface area contributed by atoms with Gasteiger partial charge in [0.2, 0.25) is 0 Å². The van der Waals surface area contributed by atoms with Crippen LogP contribution in [0.4, 0.5) is 10.1 Å². The van der Waals surface area contributed by atoms with Crippen LogP contribution in [0.15, 0.2) is 18.2 Å². The molecule has 1 saturated heterocycles. The number of hydrogen-bond acceptors (Lipinski definition) is 3. The van der Waals surface area contributed by atoms with Gasteiger partial charge in [0.05, 0.1) is 11.3 Å². The lowest BCUT2D eigenvalue weighted by Gasteiger charge is -2.12. The minimum atomic E-state index is -1.12. The van der Waals surface area contributed by atoms with Gasteiger partial charge in [-0.25, -0.2) is 9.18 Å². The lowest BCUT2D eigenvalue weighted by atomic mass is 10.1. The molecule has 1 aliphatic heterocycles. The van der Waals surface area contributed by atoms with Crippen LogP contribution in [-0.2, 0) is 4.74 Å². The Labute approximate surface area is 105 Å². The molecule has 5 heteroatoms. The van der Waals surface area contributed by atoms with Crippen molar-refractivity contribution in [2.45, 2.75) is 12.8 Å². The van der Waals surface area contributed by atoms with Gasteiger partial charge >= 0.3 is 5.97 Å². The van der Waals surface area contributed by atoms with Crippen LogP contribution < -0.4 is 5.32 Å². The average Bonchev–Trinajstić information content (AvgIpc) is 2.84. The molecule has 0 bridgehead atoms. The summed E-state index contributed by atoms with van der Waals surface area (Å²) in [5, 5.41) is 11.9. The molecule has 0 radical (unpaired) electrons. The van der Waals surface area contributed by atoms with Crippen LogP contribution in [0.5, 0.6) is 0 Å². The molecule has 1 unspecified atom stereocenters. The number of carboxylic acids is 1. The summed E-state index contributed by atoms with van der Waals surface area (Å²) in [5.74, 6) is -1.17. The number of rotatable bonds is 5. The van der Waals surface area contributed by atoms with Crippen LogP contribution in [-0.4, -0.2) is 30.8 Å². The van der Waals surface area contributed by atoms with E-state index in [-0.39, 0.29) is 11.3 Å². The second kappa shape index (κ2) is 5.82. The third-order valence-electron chi connectivity index (χ3n) is 3.12. The Bertz CT molecular complexity index is 430. The van der Waals surface area contributed by atoms with Crippen LogP contribution >= 0.6 is 0 Å². The summed E-state index contributed by atoms with van der Waals surface area (Å²) in [5.41, 5.74) is 0.0431. The Hall–Kier alpha value is -1.62. The van der Waals surface area contributed by atoms with Crippen LogP contribution in [0.3, 0.4) is 0 Å². The summed E-state index contributed by atoms with van der Waals surface area (Å²) in [6, 6.07) is 4.05. The van der Waals surface area contributed by atoms with Crippen molar-refractivity contribution in [1.82, 2.24) is 0 Å². The highest BCUT2D eigenvalue weighted by Gasteiger charge is 2.17. The molecule has 18 heavy (non-hydrogen) atoms. The van der Waals surface area contributed by atoms with E-state index in [1.54, 1.807) is 0 Å². The van der Waals surface area contributed by atoms with E-state index in [1.165, 1.54) is 18.2 Å². The SMILES string of the molecule is O=C(O)c1cccc(F)c1NCCC1CCOC1. The van der Waals surface area contributed by atoms with E-state index in [4.69, 9.17) is 9.84 Å². The van der Waals surface area contributed by atoms with Gasteiger partial charge in [-0.3, -0.25) is 0 Å². The highest BCUT2D eigenvalue weighted by Crippen LogP contribution is 2.21. The summed E-state index contributed by atoms with van der Waals surface area (Å²) < 4.78 is 18.8. The van der Waals surface area contributed by atoms with Gasteiger partial charge in [-0.05, 0) is 30.9 Å². The van der Waals surface area contributed by atoms with Gasteiger partial charge in [0.25, 0.3) is 0 Å². The number of benzene rings is 1. The maximum atomic E-state index is 13.6. The molecule has 0 saturated carbocycles. The predicted molar refractivity (Wildman–Crippen MR) is 65.4 cm³/mol. The Kier molecular flexibility index (Phi) is 4.15. The zero-order chi connectivity index (χ0) is 13.0. The summed E-state index contributed by atoms with van der Waals surface area (Å²) in [6.07, 6.45) is 1.87. The molecule has 2 rings (SSSR count). The summed E-state index contributed by atoms with van der Waals surface area (Å²) >= 11 is 0. The van der Waals surface area contributed by atoms with Crippen molar-refractivity contribution >= 4 is 11.7 Å². The van der Waals surface area contributed by atoms with Crippen LogP contribution in [0.2, 0.25) is 0 Å². The topological polar surface area (TPSA) is 58.6 Å². The molecule has 1 aromatic carbocycles. The van der Waals surface area contributed by atoms with Crippen molar-refractivity contribution in [2.75, 3.05) is 25.1 Å². The van der Waals surface area contributed by atoms with Crippen molar-refractivity contribution < 1.29 is 19.0 Å². The summed E-state index contributed by atoms with van der Waals surface area (Å²) in [4.78, 5) is 11.0. The van der Waals surface area contributed by atoms with Crippen LogP contribution in [0.1, 0.15) is 23.2 Å². The van der Waals surface area contributed by atoms with E-state index in [0.29, 0.717) is 12.5 Å². The Morgan fingerprint density at radius 1 is 1.56 bits per heavy atom. The molecule has 1 atom stereocenters. The number of ether oxygens (including phenoxy) is 1. The average molecular weight is 253 g/mol. The fraction of sp³-hybridized carbons (Fsp3) is 0.462. The maximum Gasteiger partial charge on any atom is 0.337 e. The smallest absolute Gasteiger partial charge is 0.337 e. The van der Waals surface area contributed by atoms with E-state index in [9.17, 15) is 9.18 Å². The maximum absolute atomic E-state index is 13.6. The number of anilines is 1. The van der Waals surface area contributed by atoms with Crippen molar-refractivity contribution in [2.24, 2.45) is 5.92 Å². The lowest BCUT2D eigenvalue weighted by Crippen LogP contribution is -2.13. The molecular weight excluding hydrogens is 237 g/mol. The standard InChI is InChI=1S/C13H16FNO3/c14-11-3-1-2-10(13(16)17)12(11)15-6-4-9-5-7-18-8-9/h1-3,9,15H,4-8H2,(H,16,17). The first-order valence-electron chi connectivity index (χ1n) is 6.02. The highest BCUT2D eigenvalue weighted by molar-refractivity contribution is 5.94. The molecule has 0 aromatic heterocycles. The van der Waals surface area contributed by atoms with E-state index < -0.39 is 11.8 Å². The Morgan fingerprint density at radius 2 is 2.39 bits per heavy atom. The van der Waals surface area contributed by atoms with Gasteiger partial charge in [0, 0.05) is 19.8 Å². The number of carboxylic acid groups (broad SMARTS) is 1. The molecule has 0 amide bonds. The fourth-order valence-corrected chi connectivity index (χ4v) is 2.09. The summed E-state index contributed by atoms with van der Waals surface area (Å²) in [7, 11) is 0. The van der Waals surface area contributed by atoms with Crippen molar-refractivity contribution in [3.63, 3.8) is 0 Å². The van der Waals surface area contributed by atoms with Gasteiger partial charge in [-0.1, -0.05) is 6.07 Å². The second-order valence-electron chi connectivity index (χ2n) is 4.41. The van der Waals surface area contributed by atoms with E-state index in [0.717, 1.165) is 26.1 Å². The molecule has 1 aliphatic rings. The first-order valence-corrected chi connectivity index (χ1v) is 6.02. The van der Waals surface area contributed by atoms with E-state index in [1.807, 2.05) is 0 Å². The van der Waals surface area contributed by atoms with Crippen LogP contribution in [0.25, 0.3) is 0 Å². The normalized spacial score (nSPS) is 18.8. The molecule has 1 aromatic rings. The van der Waals surface area contributed by atoms with Crippen molar-refractivity contribution in [3.8, 4) is 0 Å². The largest absolute Gasteiger partial charge is 0.478 e. The van der Waals surface area contributed by atoms with Crippen molar-refractivity contribution in [1.29, 1.82) is 0 Å². The van der Waals surface area contributed by atoms with Gasteiger partial charge in [-0.2, -0.15) is 0 Å². The number of hydrogen-bond donors (Lipinski definition) is 2. The quantitative estimate of drug-likeness (QED) is 0.845. The Balaban J connectivity index is 1.97. The molecule has 4 nitrogen and oxygen atoms in total. The monoisotopic (exact) mass is 253 g/mol. The molecule has 0 spiro atoms. The first kappa shape index (κ1) is 12.8. The third kappa shape index (κ3) is 2.98. The van der Waals surface area contributed by atoms with Gasteiger partial charge in [-0.15, -0.1) is 0 Å². The number of para-hydroxylation sites is 1. The molecule has 98 valence electrons. The lowest BCUT2D eigenvalue weighted by molar-refractivity contribution is 0.0697. The van der Waals surface area contributed by atoms with Crippen molar-refractivity contribution in [3.05, 3.63) is 29.6 Å². The Morgan fingerprint density at radius 3 is 3.06 bits per heavy atom. The molecule has 2 N–H and O–H groups in total. The van der Waals surface area contributed by atoms with E-state index in [2.05, 4.69) is 5.32 Å². The predicted octanol–water partition coefficient (Wildman–Crippen LogP) is 2.36.